The molecule has 0 saturated carbocycles. The molecular formula is C19H23FN2O4S. The number of ether oxygens (including phenoxy) is 1. The zero-order chi connectivity index (χ0) is 19.9. The van der Waals surface area contributed by atoms with Gasteiger partial charge in [-0.2, -0.15) is 0 Å². The Morgan fingerprint density at radius 2 is 1.89 bits per heavy atom. The van der Waals surface area contributed by atoms with Crippen molar-refractivity contribution in [2.75, 3.05) is 33.0 Å². The van der Waals surface area contributed by atoms with Gasteiger partial charge in [0.05, 0.1) is 13.4 Å². The highest BCUT2D eigenvalue weighted by Gasteiger charge is 2.17. The molecule has 1 amide bonds. The first-order valence-electron chi connectivity index (χ1n) is 8.42. The fraction of sp³-hybridized carbons (Fsp3) is 0.316. The molecule has 0 fully saturated rings. The first kappa shape index (κ1) is 20.9. The molecular weight excluding hydrogens is 371 g/mol. The van der Waals surface area contributed by atoms with Crippen LogP contribution >= 0.6 is 0 Å². The molecule has 0 aliphatic rings. The van der Waals surface area contributed by atoms with Crippen LogP contribution in [0.5, 0.6) is 5.75 Å². The molecule has 2 aromatic rings. The van der Waals surface area contributed by atoms with Crippen LogP contribution in [0.1, 0.15) is 15.9 Å². The molecule has 0 spiro atoms. The van der Waals surface area contributed by atoms with Crippen LogP contribution in [0.15, 0.2) is 48.5 Å². The van der Waals surface area contributed by atoms with Gasteiger partial charge in [0.25, 0.3) is 5.91 Å². The number of carbonyl (C=O) groups is 1. The molecule has 0 heterocycles. The van der Waals surface area contributed by atoms with Crippen LogP contribution in [-0.2, 0) is 16.4 Å². The van der Waals surface area contributed by atoms with Crippen molar-refractivity contribution in [1.82, 2.24) is 9.62 Å². The second-order valence-electron chi connectivity index (χ2n) is 5.99. The van der Waals surface area contributed by atoms with Crippen LogP contribution in [0.3, 0.4) is 0 Å². The lowest BCUT2D eigenvalue weighted by molar-refractivity contribution is 0.0951. The average molecular weight is 394 g/mol. The summed E-state index contributed by atoms with van der Waals surface area (Å²) in [5, 5.41) is 2.61. The van der Waals surface area contributed by atoms with Crippen LogP contribution < -0.4 is 10.1 Å². The standard InChI is InChI=1S/C19H23FN2O4S/c1-26-18-9-4-3-6-15(18)10-12-22(27(2,24)25)13-11-21-19(23)16-7-5-8-17(20)14-16/h3-9,14H,10-13H2,1-2H3,(H,21,23). The predicted molar refractivity (Wildman–Crippen MR) is 102 cm³/mol. The van der Waals surface area contributed by atoms with Crippen LogP contribution in [0.4, 0.5) is 4.39 Å². The Morgan fingerprint density at radius 1 is 1.15 bits per heavy atom. The van der Waals surface area contributed by atoms with E-state index in [2.05, 4.69) is 5.32 Å². The molecule has 0 aliphatic carbocycles. The Hall–Kier alpha value is -2.45. The van der Waals surface area contributed by atoms with E-state index in [1.807, 2.05) is 24.3 Å². The third kappa shape index (κ3) is 6.33. The summed E-state index contributed by atoms with van der Waals surface area (Å²) in [6, 6.07) is 12.7. The number of hydrogen-bond acceptors (Lipinski definition) is 4. The zero-order valence-corrected chi connectivity index (χ0v) is 16.1. The maximum atomic E-state index is 13.2. The lowest BCUT2D eigenvalue weighted by Gasteiger charge is -2.20. The van der Waals surface area contributed by atoms with Crippen molar-refractivity contribution in [1.29, 1.82) is 0 Å². The number of nitrogens with one attached hydrogen (secondary N) is 1. The van der Waals surface area contributed by atoms with Gasteiger partial charge in [-0.15, -0.1) is 0 Å². The number of rotatable bonds is 9. The summed E-state index contributed by atoms with van der Waals surface area (Å²) in [5.74, 6) is -0.254. The molecule has 8 heteroatoms. The predicted octanol–water partition coefficient (Wildman–Crippen LogP) is 2.07. The van der Waals surface area contributed by atoms with Gasteiger partial charge in [-0.1, -0.05) is 24.3 Å². The maximum absolute atomic E-state index is 13.2. The van der Waals surface area contributed by atoms with E-state index in [-0.39, 0.29) is 25.2 Å². The molecule has 0 bridgehead atoms. The maximum Gasteiger partial charge on any atom is 0.251 e. The molecule has 27 heavy (non-hydrogen) atoms. The van der Waals surface area contributed by atoms with Crippen molar-refractivity contribution in [3.63, 3.8) is 0 Å². The number of carbonyl (C=O) groups excluding carboxylic acids is 1. The van der Waals surface area contributed by atoms with Crippen LogP contribution in [0, 0.1) is 5.82 Å². The Kier molecular flexibility index (Phi) is 7.32. The lowest BCUT2D eigenvalue weighted by Crippen LogP contribution is -2.39. The third-order valence-corrected chi connectivity index (χ3v) is 5.33. The van der Waals surface area contributed by atoms with Crippen LogP contribution in [-0.4, -0.2) is 51.6 Å². The van der Waals surface area contributed by atoms with E-state index >= 15 is 0 Å². The largest absolute Gasteiger partial charge is 0.496 e. The van der Waals surface area contributed by atoms with Gasteiger partial charge < -0.3 is 10.1 Å². The molecule has 146 valence electrons. The molecule has 0 unspecified atom stereocenters. The summed E-state index contributed by atoms with van der Waals surface area (Å²) in [4.78, 5) is 12.0. The fourth-order valence-electron chi connectivity index (χ4n) is 2.62. The summed E-state index contributed by atoms with van der Waals surface area (Å²) < 4.78 is 43.8. The van der Waals surface area contributed by atoms with E-state index in [9.17, 15) is 17.6 Å². The summed E-state index contributed by atoms with van der Waals surface area (Å²) in [6.07, 6.45) is 1.61. The van der Waals surface area contributed by atoms with E-state index in [0.717, 1.165) is 17.9 Å². The molecule has 1 N–H and O–H groups in total. The minimum Gasteiger partial charge on any atom is -0.496 e. The lowest BCUT2D eigenvalue weighted by atomic mass is 10.1. The van der Waals surface area contributed by atoms with Gasteiger partial charge in [0, 0.05) is 25.2 Å². The molecule has 0 radical (unpaired) electrons. The minimum absolute atomic E-state index is 0.119. The van der Waals surface area contributed by atoms with Crippen molar-refractivity contribution < 1.29 is 22.3 Å². The Labute approximate surface area is 159 Å². The number of amides is 1. The van der Waals surface area contributed by atoms with Crippen molar-refractivity contribution in [2.45, 2.75) is 6.42 Å². The summed E-state index contributed by atoms with van der Waals surface area (Å²) in [5.41, 5.74) is 1.09. The normalized spacial score (nSPS) is 11.4. The number of methoxy groups -OCH3 is 1. The SMILES string of the molecule is COc1ccccc1CCN(CCNC(=O)c1cccc(F)c1)S(C)(=O)=O. The van der Waals surface area contributed by atoms with Gasteiger partial charge in [-0.3, -0.25) is 4.79 Å². The van der Waals surface area contributed by atoms with Gasteiger partial charge >= 0.3 is 0 Å². The van der Waals surface area contributed by atoms with E-state index in [4.69, 9.17) is 4.74 Å². The molecule has 2 aromatic carbocycles. The quantitative estimate of drug-likeness (QED) is 0.707. The van der Waals surface area contributed by atoms with Crippen molar-refractivity contribution >= 4 is 15.9 Å². The highest BCUT2D eigenvalue weighted by molar-refractivity contribution is 7.88. The Balaban J connectivity index is 1.94. The van der Waals surface area contributed by atoms with Gasteiger partial charge in [0.15, 0.2) is 0 Å². The molecule has 0 saturated heterocycles. The molecule has 6 nitrogen and oxygen atoms in total. The van der Waals surface area contributed by atoms with Crippen LogP contribution in [0.25, 0.3) is 0 Å². The second-order valence-corrected chi connectivity index (χ2v) is 7.97. The first-order chi connectivity index (χ1) is 12.8. The van der Waals surface area contributed by atoms with Gasteiger partial charge in [0.1, 0.15) is 11.6 Å². The van der Waals surface area contributed by atoms with E-state index in [1.165, 1.54) is 22.5 Å². The average Bonchev–Trinajstić information content (AvgIpc) is 2.63. The van der Waals surface area contributed by atoms with E-state index in [1.54, 1.807) is 7.11 Å². The van der Waals surface area contributed by atoms with E-state index < -0.39 is 21.7 Å². The molecule has 0 aromatic heterocycles. The number of para-hydroxylation sites is 1. The molecule has 2 rings (SSSR count). The topological polar surface area (TPSA) is 75.7 Å². The monoisotopic (exact) mass is 394 g/mol. The van der Waals surface area contributed by atoms with Crippen molar-refractivity contribution in [2.24, 2.45) is 0 Å². The minimum atomic E-state index is -3.44. The van der Waals surface area contributed by atoms with Crippen molar-refractivity contribution in [3.05, 3.63) is 65.5 Å². The highest BCUT2D eigenvalue weighted by atomic mass is 32.2. The molecule has 0 atom stereocenters. The van der Waals surface area contributed by atoms with E-state index in [0.29, 0.717) is 12.2 Å². The summed E-state index contributed by atoms with van der Waals surface area (Å²) in [6.45, 7) is 0.498. The van der Waals surface area contributed by atoms with Crippen molar-refractivity contribution in [3.8, 4) is 5.75 Å². The summed E-state index contributed by atoms with van der Waals surface area (Å²) >= 11 is 0. The summed E-state index contributed by atoms with van der Waals surface area (Å²) in [7, 11) is -1.88. The number of sulfonamides is 1. The number of nitrogens with zero attached hydrogens (tertiary/aromatic N) is 1. The van der Waals surface area contributed by atoms with Gasteiger partial charge in [-0.25, -0.2) is 17.1 Å². The fourth-order valence-corrected chi connectivity index (χ4v) is 3.47. The third-order valence-electron chi connectivity index (χ3n) is 4.03. The first-order valence-corrected chi connectivity index (χ1v) is 10.3. The zero-order valence-electron chi connectivity index (χ0n) is 15.3. The smallest absolute Gasteiger partial charge is 0.251 e. The van der Waals surface area contributed by atoms with Gasteiger partial charge in [0.2, 0.25) is 10.0 Å². The Bertz CT molecular complexity index is 887. The Morgan fingerprint density at radius 3 is 2.56 bits per heavy atom. The number of hydrogen-bond donors (Lipinski definition) is 1. The van der Waals surface area contributed by atoms with Gasteiger partial charge in [-0.05, 0) is 36.2 Å². The second kappa shape index (κ2) is 9.48. The van der Waals surface area contributed by atoms with Crippen LogP contribution in [0.2, 0.25) is 0 Å². The number of benzene rings is 2. The number of halogens is 1. The highest BCUT2D eigenvalue weighted by Crippen LogP contribution is 2.18. The molecule has 0 aliphatic heterocycles.